The van der Waals surface area contributed by atoms with Crippen molar-refractivity contribution in [3.8, 4) is 0 Å². The van der Waals surface area contributed by atoms with E-state index in [2.05, 4.69) is 17.6 Å². The van der Waals surface area contributed by atoms with Crippen LogP contribution in [0.1, 0.15) is 30.1 Å². The first-order chi connectivity index (χ1) is 13.0. The number of nitrogens with zero attached hydrogens (tertiary/aromatic N) is 1. The molecule has 1 aliphatic rings. The van der Waals surface area contributed by atoms with Crippen LogP contribution in [0.5, 0.6) is 0 Å². The predicted molar refractivity (Wildman–Crippen MR) is 104 cm³/mol. The number of amides is 2. The van der Waals surface area contributed by atoms with Gasteiger partial charge < -0.3 is 15.5 Å². The zero-order valence-corrected chi connectivity index (χ0v) is 15.4. The summed E-state index contributed by atoms with van der Waals surface area (Å²) in [5, 5.41) is 5.70. The van der Waals surface area contributed by atoms with E-state index < -0.39 is 0 Å². The summed E-state index contributed by atoms with van der Waals surface area (Å²) in [6.45, 7) is 3.91. The van der Waals surface area contributed by atoms with Crippen LogP contribution >= 0.6 is 0 Å². The number of piperidine rings is 1. The number of nitrogens with one attached hydrogen (secondary N) is 2. The van der Waals surface area contributed by atoms with E-state index in [1.54, 1.807) is 24.3 Å². The Morgan fingerprint density at radius 3 is 2.22 bits per heavy atom. The van der Waals surface area contributed by atoms with Gasteiger partial charge in [-0.3, -0.25) is 9.59 Å². The molecule has 6 heteroatoms. The summed E-state index contributed by atoms with van der Waals surface area (Å²) in [6.07, 6.45) is 2.10. The minimum absolute atomic E-state index is 0.0579. The number of rotatable bonds is 5. The molecule has 0 spiro atoms. The van der Waals surface area contributed by atoms with E-state index in [9.17, 15) is 14.0 Å². The van der Waals surface area contributed by atoms with Gasteiger partial charge in [0, 0.05) is 30.0 Å². The standard InChI is InChI=1S/C21H24FN3O2/c1-15-10-12-25(13-11-15)21(27)16-2-6-18(7-3-16)23-14-20(26)24-19-8-4-17(22)5-9-19/h2-9,15,23H,10-14H2,1H3,(H,24,26). The van der Waals surface area contributed by atoms with Crippen LogP contribution in [0.3, 0.4) is 0 Å². The molecule has 2 aromatic carbocycles. The fourth-order valence-electron chi connectivity index (χ4n) is 3.05. The van der Waals surface area contributed by atoms with E-state index in [0.717, 1.165) is 31.6 Å². The van der Waals surface area contributed by atoms with Gasteiger partial charge in [-0.25, -0.2) is 4.39 Å². The molecule has 5 nitrogen and oxygen atoms in total. The summed E-state index contributed by atoms with van der Waals surface area (Å²) in [4.78, 5) is 26.4. The molecular weight excluding hydrogens is 345 g/mol. The third-order valence-electron chi connectivity index (χ3n) is 4.78. The fraction of sp³-hybridized carbons (Fsp3) is 0.333. The Labute approximate surface area is 158 Å². The van der Waals surface area contributed by atoms with Crippen molar-refractivity contribution in [2.45, 2.75) is 19.8 Å². The molecule has 0 aromatic heterocycles. The second kappa shape index (κ2) is 8.66. The molecule has 0 saturated carbocycles. The van der Waals surface area contributed by atoms with Crippen molar-refractivity contribution in [2.75, 3.05) is 30.3 Å². The van der Waals surface area contributed by atoms with Gasteiger partial charge in [0.25, 0.3) is 5.91 Å². The number of hydrogen-bond donors (Lipinski definition) is 2. The summed E-state index contributed by atoms with van der Waals surface area (Å²) < 4.78 is 12.9. The fourth-order valence-corrected chi connectivity index (χ4v) is 3.05. The minimum atomic E-state index is -0.347. The zero-order valence-electron chi connectivity index (χ0n) is 15.4. The Kier molecular flexibility index (Phi) is 6.06. The molecule has 1 saturated heterocycles. The molecule has 0 atom stereocenters. The Morgan fingerprint density at radius 2 is 1.59 bits per heavy atom. The third-order valence-corrected chi connectivity index (χ3v) is 4.78. The number of anilines is 2. The lowest BCUT2D eigenvalue weighted by Crippen LogP contribution is -2.37. The van der Waals surface area contributed by atoms with Crippen LogP contribution in [0.25, 0.3) is 0 Å². The monoisotopic (exact) mass is 369 g/mol. The first-order valence-corrected chi connectivity index (χ1v) is 9.20. The summed E-state index contributed by atoms with van der Waals surface area (Å²) in [7, 11) is 0. The third kappa shape index (κ3) is 5.29. The van der Waals surface area contributed by atoms with Gasteiger partial charge in [0.2, 0.25) is 5.91 Å². The van der Waals surface area contributed by atoms with Crippen LogP contribution in [0, 0.1) is 11.7 Å². The highest BCUT2D eigenvalue weighted by Gasteiger charge is 2.21. The molecule has 27 heavy (non-hydrogen) atoms. The van der Waals surface area contributed by atoms with Crippen LogP contribution < -0.4 is 10.6 Å². The average molecular weight is 369 g/mol. The second-order valence-corrected chi connectivity index (χ2v) is 6.96. The van der Waals surface area contributed by atoms with Crippen molar-refractivity contribution in [2.24, 2.45) is 5.92 Å². The molecule has 2 amide bonds. The lowest BCUT2D eigenvalue weighted by molar-refractivity contribution is -0.114. The number of carbonyl (C=O) groups is 2. The molecule has 2 aromatic rings. The topological polar surface area (TPSA) is 61.4 Å². The van der Waals surface area contributed by atoms with Gasteiger partial charge in [-0.05, 0) is 67.3 Å². The van der Waals surface area contributed by atoms with Gasteiger partial charge >= 0.3 is 0 Å². The molecule has 0 radical (unpaired) electrons. The van der Waals surface area contributed by atoms with E-state index in [4.69, 9.17) is 0 Å². The average Bonchev–Trinajstić information content (AvgIpc) is 2.69. The van der Waals surface area contributed by atoms with E-state index in [1.165, 1.54) is 24.3 Å². The molecule has 2 N–H and O–H groups in total. The van der Waals surface area contributed by atoms with Gasteiger partial charge in [0.05, 0.1) is 6.54 Å². The maximum absolute atomic E-state index is 12.9. The molecule has 142 valence electrons. The quantitative estimate of drug-likeness (QED) is 0.844. The Balaban J connectivity index is 1.49. The van der Waals surface area contributed by atoms with E-state index in [-0.39, 0.29) is 24.2 Å². The van der Waals surface area contributed by atoms with Crippen molar-refractivity contribution < 1.29 is 14.0 Å². The van der Waals surface area contributed by atoms with Crippen molar-refractivity contribution in [3.63, 3.8) is 0 Å². The van der Waals surface area contributed by atoms with Crippen LogP contribution in [0.15, 0.2) is 48.5 Å². The van der Waals surface area contributed by atoms with Gasteiger partial charge in [-0.15, -0.1) is 0 Å². The Bertz CT molecular complexity index is 782. The smallest absolute Gasteiger partial charge is 0.253 e. The van der Waals surface area contributed by atoms with Gasteiger partial charge in [0.1, 0.15) is 5.82 Å². The highest BCUT2D eigenvalue weighted by atomic mass is 19.1. The number of halogens is 1. The first-order valence-electron chi connectivity index (χ1n) is 9.20. The van der Waals surface area contributed by atoms with E-state index >= 15 is 0 Å². The van der Waals surface area contributed by atoms with Crippen LogP contribution in [0.2, 0.25) is 0 Å². The molecule has 1 heterocycles. The first kappa shape index (κ1) is 18.9. The minimum Gasteiger partial charge on any atom is -0.376 e. The Hall–Kier alpha value is -2.89. The maximum Gasteiger partial charge on any atom is 0.253 e. The van der Waals surface area contributed by atoms with Crippen LogP contribution in [-0.4, -0.2) is 36.3 Å². The SMILES string of the molecule is CC1CCN(C(=O)c2ccc(NCC(=O)Nc3ccc(F)cc3)cc2)CC1. The largest absolute Gasteiger partial charge is 0.376 e. The normalized spacial score (nSPS) is 14.7. The van der Waals surface area contributed by atoms with E-state index in [0.29, 0.717) is 17.2 Å². The summed E-state index contributed by atoms with van der Waals surface area (Å²) >= 11 is 0. The molecule has 0 unspecified atom stereocenters. The van der Waals surface area contributed by atoms with Crippen LogP contribution in [0.4, 0.5) is 15.8 Å². The van der Waals surface area contributed by atoms with Crippen LogP contribution in [-0.2, 0) is 4.79 Å². The maximum atomic E-state index is 12.9. The van der Waals surface area contributed by atoms with Crippen molar-refractivity contribution in [1.29, 1.82) is 0 Å². The molecule has 3 rings (SSSR count). The summed E-state index contributed by atoms with van der Waals surface area (Å²) in [5.41, 5.74) is 1.96. The molecule has 1 fully saturated rings. The molecular formula is C21H24FN3O2. The second-order valence-electron chi connectivity index (χ2n) is 6.96. The molecule has 1 aliphatic heterocycles. The van der Waals surface area contributed by atoms with E-state index in [1.807, 2.05) is 4.90 Å². The summed E-state index contributed by atoms with van der Waals surface area (Å²) in [6, 6.07) is 12.8. The lowest BCUT2D eigenvalue weighted by atomic mass is 9.98. The molecule has 0 bridgehead atoms. The zero-order chi connectivity index (χ0) is 19.2. The lowest BCUT2D eigenvalue weighted by Gasteiger charge is -2.30. The number of benzene rings is 2. The molecule has 0 aliphatic carbocycles. The predicted octanol–water partition coefficient (Wildman–Crippen LogP) is 3.75. The van der Waals surface area contributed by atoms with Crippen molar-refractivity contribution in [3.05, 3.63) is 59.9 Å². The number of likely N-dealkylation sites (tertiary alicyclic amines) is 1. The van der Waals surface area contributed by atoms with Crippen molar-refractivity contribution in [1.82, 2.24) is 4.90 Å². The Morgan fingerprint density at radius 1 is 1.00 bits per heavy atom. The number of hydrogen-bond acceptors (Lipinski definition) is 3. The van der Waals surface area contributed by atoms with Gasteiger partial charge in [-0.1, -0.05) is 6.92 Å². The number of carbonyl (C=O) groups excluding carboxylic acids is 2. The summed E-state index contributed by atoms with van der Waals surface area (Å²) in [5.74, 6) is 0.160. The highest BCUT2D eigenvalue weighted by Crippen LogP contribution is 2.19. The van der Waals surface area contributed by atoms with Crippen molar-refractivity contribution >= 4 is 23.2 Å². The highest BCUT2D eigenvalue weighted by molar-refractivity contribution is 5.95. The van der Waals surface area contributed by atoms with Gasteiger partial charge in [-0.2, -0.15) is 0 Å². The van der Waals surface area contributed by atoms with Gasteiger partial charge in [0.15, 0.2) is 0 Å².